The van der Waals surface area contributed by atoms with Gasteiger partial charge in [0.1, 0.15) is 6.04 Å². The van der Waals surface area contributed by atoms with Crippen molar-refractivity contribution in [2.24, 2.45) is 0 Å². The summed E-state index contributed by atoms with van der Waals surface area (Å²) in [6.07, 6.45) is 4.92. The molecule has 5 nitrogen and oxygen atoms in total. The third-order valence-corrected chi connectivity index (χ3v) is 6.49. The van der Waals surface area contributed by atoms with Crippen LogP contribution in [0.3, 0.4) is 0 Å². The molecule has 0 saturated carbocycles. The number of carbonyl (C=O) groups is 2. The highest BCUT2D eigenvalue weighted by Gasteiger charge is 2.33. The van der Waals surface area contributed by atoms with Crippen LogP contribution in [0.2, 0.25) is 0 Å². The average molecular weight is 399 g/mol. The standard InChI is InChI=1S/C22H26NO4P/c24-19-12-14-28-20(15-21(25)23-13-6-11-18(23)22(26)27)17(19)10-5-4-9-16-7-2-1-3-8-16/h1-3,7-8,12,14,18,28H,4-6,9-11,13,15H2,(H,26,27)/t18-/m0/s1. The summed E-state index contributed by atoms with van der Waals surface area (Å²) in [4.78, 5) is 37.9. The normalized spacial score (nSPS) is 16.6. The number of hydrogen-bond donors (Lipinski definition) is 1. The van der Waals surface area contributed by atoms with Gasteiger partial charge >= 0.3 is 5.97 Å². The molecule has 0 aliphatic carbocycles. The first-order valence-corrected chi connectivity index (χ1v) is 10.9. The third kappa shape index (κ3) is 5.11. The number of rotatable bonds is 8. The molecular formula is C22H26NO4P. The van der Waals surface area contributed by atoms with E-state index in [-0.39, 0.29) is 17.8 Å². The van der Waals surface area contributed by atoms with Crippen LogP contribution in [0.25, 0.3) is 0 Å². The topological polar surface area (TPSA) is 74.7 Å². The molecule has 1 saturated heterocycles. The zero-order chi connectivity index (χ0) is 19.9. The Morgan fingerprint density at radius 3 is 2.61 bits per heavy atom. The van der Waals surface area contributed by atoms with Crippen LogP contribution < -0.4 is 5.43 Å². The van der Waals surface area contributed by atoms with Gasteiger partial charge in [0.15, 0.2) is 5.43 Å². The maximum Gasteiger partial charge on any atom is 0.326 e. The fourth-order valence-corrected chi connectivity index (χ4v) is 4.95. The van der Waals surface area contributed by atoms with Gasteiger partial charge in [-0.05, 0) is 61.2 Å². The molecule has 2 atom stereocenters. The number of carbonyl (C=O) groups excluding carboxylic acids is 1. The Morgan fingerprint density at radius 2 is 1.86 bits per heavy atom. The molecule has 28 heavy (non-hydrogen) atoms. The van der Waals surface area contributed by atoms with E-state index in [2.05, 4.69) is 12.1 Å². The molecule has 3 rings (SSSR count). The first-order valence-electron chi connectivity index (χ1n) is 9.82. The van der Waals surface area contributed by atoms with Crippen LogP contribution in [0.5, 0.6) is 0 Å². The Morgan fingerprint density at radius 1 is 1.11 bits per heavy atom. The molecule has 0 radical (unpaired) electrons. The molecule has 1 aromatic heterocycles. The number of benzene rings is 1. The van der Waals surface area contributed by atoms with E-state index in [9.17, 15) is 19.5 Å². The van der Waals surface area contributed by atoms with Crippen LogP contribution in [-0.4, -0.2) is 34.5 Å². The highest BCUT2D eigenvalue weighted by molar-refractivity contribution is 7.30. The Labute approximate surface area is 166 Å². The lowest BCUT2D eigenvalue weighted by atomic mass is 10.0. The first-order chi connectivity index (χ1) is 13.6. The summed E-state index contributed by atoms with van der Waals surface area (Å²) in [7, 11) is 0.323. The number of unbranched alkanes of at least 4 members (excludes halogenated alkanes) is 1. The quantitative estimate of drug-likeness (QED) is 0.692. The molecule has 1 aliphatic rings. The third-order valence-electron chi connectivity index (χ3n) is 5.33. The van der Waals surface area contributed by atoms with Crippen molar-refractivity contribution in [1.29, 1.82) is 0 Å². The van der Waals surface area contributed by atoms with Crippen molar-refractivity contribution in [3.8, 4) is 0 Å². The lowest BCUT2D eigenvalue weighted by Gasteiger charge is -2.22. The molecule has 1 unspecified atom stereocenters. The molecule has 2 heterocycles. The van der Waals surface area contributed by atoms with Crippen molar-refractivity contribution >= 4 is 20.1 Å². The zero-order valence-corrected chi connectivity index (χ0v) is 16.9. The van der Waals surface area contributed by atoms with E-state index in [0.29, 0.717) is 27.6 Å². The summed E-state index contributed by atoms with van der Waals surface area (Å²) >= 11 is 0. The van der Waals surface area contributed by atoms with Gasteiger partial charge in [-0.3, -0.25) is 9.59 Å². The number of hydrogen-bond acceptors (Lipinski definition) is 3. The van der Waals surface area contributed by atoms with E-state index in [1.54, 1.807) is 6.07 Å². The fourth-order valence-electron chi connectivity index (χ4n) is 3.84. The van der Waals surface area contributed by atoms with Gasteiger partial charge in [-0.25, -0.2) is 4.79 Å². The summed E-state index contributed by atoms with van der Waals surface area (Å²) in [6.45, 7) is 0.488. The number of carboxylic acid groups (broad SMARTS) is 1. The van der Waals surface area contributed by atoms with Crippen molar-refractivity contribution in [2.45, 2.75) is 51.0 Å². The fraction of sp³-hybridized carbons (Fsp3) is 0.409. The van der Waals surface area contributed by atoms with Gasteiger partial charge in [0.25, 0.3) is 0 Å². The molecule has 1 aromatic carbocycles. The van der Waals surface area contributed by atoms with E-state index in [0.717, 1.165) is 36.5 Å². The Kier molecular flexibility index (Phi) is 7.05. The maximum absolute atomic E-state index is 12.7. The molecule has 1 aliphatic heterocycles. The van der Waals surface area contributed by atoms with Crippen LogP contribution in [0.1, 0.15) is 42.1 Å². The molecule has 6 heteroatoms. The second kappa shape index (κ2) is 9.70. The second-order valence-electron chi connectivity index (χ2n) is 7.25. The van der Waals surface area contributed by atoms with Crippen LogP contribution in [0.4, 0.5) is 0 Å². The van der Waals surface area contributed by atoms with Crippen molar-refractivity contribution < 1.29 is 14.7 Å². The van der Waals surface area contributed by atoms with Gasteiger partial charge in [0.05, 0.1) is 6.42 Å². The number of aryl methyl sites for hydroxylation is 1. The van der Waals surface area contributed by atoms with Gasteiger partial charge in [-0.1, -0.05) is 30.3 Å². The second-order valence-corrected chi connectivity index (χ2v) is 8.48. The van der Waals surface area contributed by atoms with Crippen molar-refractivity contribution in [3.63, 3.8) is 0 Å². The van der Waals surface area contributed by atoms with Crippen molar-refractivity contribution in [1.82, 2.24) is 4.90 Å². The molecule has 1 amide bonds. The van der Waals surface area contributed by atoms with Crippen LogP contribution >= 0.6 is 8.19 Å². The number of amides is 1. The molecule has 148 valence electrons. The predicted octanol–water partition coefficient (Wildman–Crippen LogP) is 3.26. The molecular weight excluding hydrogens is 373 g/mol. The van der Waals surface area contributed by atoms with E-state index in [4.69, 9.17) is 0 Å². The average Bonchev–Trinajstić information content (AvgIpc) is 3.18. The zero-order valence-electron chi connectivity index (χ0n) is 15.9. The van der Waals surface area contributed by atoms with Crippen molar-refractivity contribution in [3.05, 3.63) is 68.8 Å². The lowest BCUT2D eigenvalue weighted by molar-refractivity contribution is -0.147. The van der Waals surface area contributed by atoms with Gasteiger partial charge < -0.3 is 10.0 Å². The molecule has 1 N–H and O–H groups in total. The van der Waals surface area contributed by atoms with Gasteiger partial charge in [-0.2, -0.15) is 0 Å². The summed E-state index contributed by atoms with van der Waals surface area (Å²) in [5.74, 6) is 0.720. The van der Waals surface area contributed by atoms with E-state index in [1.165, 1.54) is 10.5 Å². The molecule has 1 fully saturated rings. The van der Waals surface area contributed by atoms with E-state index >= 15 is 0 Å². The summed E-state index contributed by atoms with van der Waals surface area (Å²) in [5, 5.41) is 10.2. The summed E-state index contributed by atoms with van der Waals surface area (Å²) in [6, 6.07) is 11.2. The monoisotopic (exact) mass is 399 g/mol. The van der Waals surface area contributed by atoms with E-state index in [1.807, 2.05) is 24.0 Å². The van der Waals surface area contributed by atoms with Crippen molar-refractivity contribution in [2.75, 3.05) is 6.54 Å². The van der Waals surface area contributed by atoms with E-state index < -0.39 is 12.0 Å². The maximum atomic E-state index is 12.7. The van der Waals surface area contributed by atoms with Gasteiger partial charge in [0.2, 0.25) is 5.91 Å². The Hall–Kier alpha value is -2.39. The number of nitrogens with zero attached hydrogens (tertiary/aromatic N) is 1. The highest BCUT2D eigenvalue weighted by atomic mass is 31.0. The number of carboxylic acids is 1. The Bertz CT molecular complexity index is 878. The largest absolute Gasteiger partial charge is 0.480 e. The molecule has 2 aromatic rings. The SMILES string of the molecule is O=C(O)[C@@H]1CCCN1C(=O)Cc1[pH]ccc(=O)c1CCCCc1ccccc1. The highest BCUT2D eigenvalue weighted by Crippen LogP contribution is 2.23. The molecule has 0 bridgehead atoms. The summed E-state index contributed by atoms with van der Waals surface area (Å²) < 4.78 is 0. The predicted molar refractivity (Wildman–Crippen MR) is 111 cm³/mol. The number of likely N-dealkylation sites (tertiary alicyclic amines) is 1. The Balaban J connectivity index is 1.62. The van der Waals surface area contributed by atoms with Gasteiger partial charge in [0, 0.05) is 12.1 Å². The number of aliphatic carboxylic acids is 1. The van der Waals surface area contributed by atoms with Crippen LogP contribution in [0.15, 0.2) is 47.0 Å². The summed E-state index contributed by atoms with van der Waals surface area (Å²) in [5.41, 5.74) is 2.04. The molecule has 0 spiro atoms. The minimum absolute atomic E-state index is 0.00234. The smallest absolute Gasteiger partial charge is 0.326 e. The van der Waals surface area contributed by atoms with Gasteiger partial charge in [-0.15, -0.1) is 8.19 Å². The van der Waals surface area contributed by atoms with Crippen LogP contribution in [-0.2, 0) is 28.9 Å². The minimum Gasteiger partial charge on any atom is -0.480 e. The minimum atomic E-state index is -0.942. The first kappa shape index (κ1) is 20.3. The lowest BCUT2D eigenvalue weighted by Crippen LogP contribution is -2.41. The van der Waals surface area contributed by atoms with Crippen LogP contribution in [0, 0.1) is 0 Å².